The van der Waals surface area contributed by atoms with E-state index in [1.165, 1.54) is 64.2 Å². The van der Waals surface area contributed by atoms with Gasteiger partial charge >= 0.3 is 5.97 Å². The minimum absolute atomic E-state index is 0.171. The summed E-state index contributed by atoms with van der Waals surface area (Å²) < 4.78 is 0. The molecule has 0 rings (SSSR count). The van der Waals surface area contributed by atoms with Gasteiger partial charge in [-0.05, 0) is 32.1 Å². The Morgan fingerprint density at radius 2 is 1.18 bits per heavy atom. The van der Waals surface area contributed by atoms with E-state index in [2.05, 4.69) is 31.2 Å². The van der Waals surface area contributed by atoms with E-state index >= 15 is 0 Å². The summed E-state index contributed by atoms with van der Waals surface area (Å²) in [6.07, 6.45) is 28.6. The molecule has 0 aromatic rings. The third-order valence-electron chi connectivity index (χ3n) is 5.18. The minimum atomic E-state index is -0.667. The van der Waals surface area contributed by atoms with Crippen LogP contribution in [-0.4, -0.2) is 22.3 Å². The van der Waals surface area contributed by atoms with Crippen molar-refractivity contribution in [2.24, 2.45) is 0 Å². The van der Waals surface area contributed by atoms with Gasteiger partial charge in [-0.25, -0.2) is 0 Å². The quantitative estimate of drug-likeness (QED) is 0.156. The second-order valence-corrected chi connectivity index (χ2v) is 8.00. The van der Waals surface area contributed by atoms with Crippen LogP contribution in [0.4, 0.5) is 0 Å². The van der Waals surface area contributed by atoms with Gasteiger partial charge in [0, 0.05) is 6.42 Å². The van der Waals surface area contributed by atoms with Gasteiger partial charge in [0.25, 0.3) is 0 Å². The van der Waals surface area contributed by atoms with E-state index in [1.807, 2.05) is 0 Å². The molecule has 0 radical (unpaired) electrons. The van der Waals surface area contributed by atoms with Crippen molar-refractivity contribution in [2.75, 3.05) is 0 Å². The molecule has 0 aliphatic rings. The molecule has 0 heterocycles. The average Bonchev–Trinajstić information content (AvgIpc) is 2.67. The Bertz CT molecular complexity index is 387. The van der Waals surface area contributed by atoms with Crippen LogP contribution in [-0.2, 0) is 4.79 Å². The first-order chi connectivity index (χ1) is 13.7. The zero-order valence-corrected chi connectivity index (χ0v) is 18.4. The third kappa shape index (κ3) is 23.0. The molecule has 0 aromatic carbocycles. The molecule has 0 amide bonds. The fraction of sp³-hybridized carbons (Fsp3) is 0.800. The molecule has 0 spiro atoms. The maximum Gasteiger partial charge on any atom is 0.303 e. The molecule has 0 aromatic heterocycles. The molecular weight excluding hydrogens is 348 g/mol. The first-order valence-electron chi connectivity index (χ1n) is 11.9. The lowest BCUT2D eigenvalue weighted by atomic mass is 10.0. The predicted octanol–water partition coefficient (Wildman–Crippen LogP) is 7.59. The van der Waals surface area contributed by atoms with Crippen LogP contribution in [0.5, 0.6) is 0 Å². The van der Waals surface area contributed by atoms with Crippen molar-refractivity contribution in [3.8, 4) is 0 Å². The molecule has 0 bridgehead atoms. The van der Waals surface area contributed by atoms with E-state index in [0.717, 1.165) is 44.9 Å². The maximum atomic E-state index is 10.4. The molecule has 1 atom stereocenters. The maximum absolute atomic E-state index is 10.4. The zero-order valence-electron chi connectivity index (χ0n) is 18.4. The van der Waals surface area contributed by atoms with Crippen molar-refractivity contribution in [1.29, 1.82) is 0 Å². The van der Waals surface area contributed by atoms with E-state index in [-0.39, 0.29) is 6.10 Å². The van der Waals surface area contributed by atoms with Crippen molar-refractivity contribution >= 4 is 5.97 Å². The molecule has 28 heavy (non-hydrogen) atoms. The SMILES string of the molecule is CCC=CCC=CCC(O)CCCCCCCCCCCCCCCC(=O)O. The molecule has 2 N–H and O–H groups in total. The van der Waals surface area contributed by atoms with E-state index < -0.39 is 5.97 Å². The summed E-state index contributed by atoms with van der Waals surface area (Å²) in [6.45, 7) is 2.14. The highest BCUT2D eigenvalue weighted by Gasteiger charge is 2.01. The Kier molecular flexibility index (Phi) is 21.3. The molecule has 0 aliphatic carbocycles. The van der Waals surface area contributed by atoms with Crippen LogP contribution in [0.1, 0.15) is 122 Å². The van der Waals surface area contributed by atoms with Crippen molar-refractivity contribution < 1.29 is 15.0 Å². The predicted molar refractivity (Wildman–Crippen MR) is 121 cm³/mol. The van der Waals surface area contributed by atoms with Crippen LogP contribution < -0.4 is 0 Å². The number of allylic oxidation sites excluding steroid dienone is 3. The number of rotatable bonds is 21. The lowest BCUT2D eigenvalue weighted by Gasteiger charge is -2.07. The number of carboxylic acid groups (broad SMARTS) is 1. The van der Waals surface area contributed by atoms with Crippen LogP contribution in [0.15, 0.2) is 24.3 Å². The molecule has 3 nitrogen and oxygen atoms in total. The lowest BCUT2D eigenvalue weighted by molar-refractivity contribution is -0.137. The Hall–Kier alpha value is -1.09. The second-order valence-electron chi connectivity index (χ2n) is 8.00. The molecule has 1 unspecified atom stereocenters. The molecule has 0 aliphatic heterocycles. The summed E-state index contributed by atoms with van der Waals surface area (Å²) in [7, 11) is 0. The van der Waals surface area contributed by atoms with Gasteiger partial charge in [0.05, 0.1) is 6.10 Å². The van der Waals surface area contributed by atoms with Gasteiger partial charge in [0.1, 0.15) is 0 Å². The normalized spacial score (nSPS) is 12.9. The van der Waals surface area contributed by atoms with Crippen LogP contribution >= 0.6 is 0 Å². The Morgan fingerprint density at radius 1 is 0.714 bits per heavy atom. The van der Waals surface area contributed by atoms with Crippen molar-refractivity contribution in [1.82, 2.24) is 0 Å². The number of aliphatic hydroxyl groups is 1. The molecule has 0 saturated carbocycles. The fourth-order valence-electron chi connectivity index (χ4n) is 3.41. The van der Waals surface area contributed by atoms with E-state index in [4.69, 9.17) is 5.11 Å². The van der Waals surface area contributed by atoms with Crippen molar-refractivity contribution in [3.63, 3.8) is 0 Å². The fourth-order valence-corrected chi connectivity index (χ4v) is 3.41. The van der Waals surface area contributed by atoms with Gasteiger partial charge in [-0.3, -0.25) is 4.79 Å². The number of aliphatic carboxylic acids is 1. The van der Waals surface area contributed by atoms with E-state index in [0.29, 0.717) is 6.42 Å². The molecule has 0 saturated heterocycles. The average molecular weight is 395 g/mol. The zero-order chi connectivity index (χ0) is 20.7. The number of unbranched alkanes of at least 4 members (excludes halogenated alkanes) is 12. The largest absolute Gasteiger partial charge is 0.481 e. The molecule has 0 fully saturated rings. The summed E-state index contributed by atoms with van der Waals surface area (Å²) in [5, 5.41) is 18.5. The van der Waals surface area contributed by atoms with Gasteiger partial charge in [-0.2, -0.15) is 0 Å². The van der Waals surface area contributed by atoms with Crippen molar-refractivity contribution in [2.45, 2.75) is 129 Å². The Labute approximate surface area is 174 Å². The van der Waals surface area contributed by atoms with Crippen LogP contribution in [0, 0.1) is 0 Å². The Balaban J connectivity index is 3.20. The van der Waals surface area contributed by atoms with E-state index in [9.17, 15) is 9.90 Å². The number of hydrogen-bond donors (Lipinski definition) is 2. The summed E-state index contributed by atoms with van der Waals surface area (Å²) in [6, 6.07) is 0. The van der Waals surface area contributed by atoms with Gasteiger partial charge in [-0.1, -0.05) is 108 Å². The number of aliphatic hydroxyl groups excluding tert-OH is 1. The van der Waals surface area contributed by atoms with Gasteiger partial charge in [-0.15, -0.1) is 0 Å². The first-order valence-corrected chi connectivity index (χ1v) is 11.9. The monoisotopic (exact) mass is 394 g/mol. The highest BCUT2D eigenvalue weighted by atomic mass is 16.4. The van der Waals surface area contributed by atoms with Crippen LogP contribution in [0.2, 0.25) is 0 Å². The summed E-state index contributed by atoms with van der Waals surface area (Å²) >= 11 is 0. The third-order valence-corrected chi connectivity index (χ3v) is 5.18. The minimum Gasteiger partial charge on any atom is -0.481 e. The van der Waals surface area contributed by atoms with Crippen LogP contribution in [0.25, 0.3) is 0 Å². The first kappa shape index (κ1) is 26.9. The highest BCUT2D eigenvalue weighted by Crippen LogP contribution is 2.14. The topological polar surface area (TPSA) is 57.5 Å². The van der Waals surface area contributed by atoms with Gasteiger partial charge < -0.3 is 10.2 Å². The summed E-state index contributed by atoms with van der Waals surface area (Å²) in [4.78, 5) is 10.4. The van der Waals surface area contributed by atoms with Gasteiger partial charge in [0.15, 0.2) is 0 Å². The summed E-state index contributed by atoms with van der Waals surface area (Å²) in [5.41, 5.74) is 0. The van der Waals surface area contributed by atoms with Crippen LogP contribution in [0.3, 0.4) is 0 Å². The second kappa shape index (κ2) is 22.2. The van der Waals surface area contributed by atoms with Gasteiger partial charge in [0.2, 0.25) is 0 Å². The van der Waals surface area contributed by atoms with E-state index in [1.54, 1.807) is 0 Å². The van der Waals surface area contributed by atoms with Crippen molar-refractivity contribution in [3.05, 3.63) is 24.3 Å². The number of carbonyl (C=O) groups is 1. The number of hydrogen-bond acceptors (Lipinski definition) is 2. The lowest BCUT2D eigenvalue weighted by Crippen LogP contribution is -2.04. The summed E-state index contributed by atoms with van der Waals surface area (Å²) in [5.74, 6) is -0.667. The molecular formula is C25H46O3. The molecule has 3 heteroatoms. The standard InChI is InChI=1S/C25H46O3/c1-2-3-4-5-15-18-21-24(26)22-19-16-13-11-9-7-6-8-10-12-14-17-20-23-25(27)28/h3-4,15,18,24,26H,2,5-14,16-17,19-23H2,1H3,(H,27,28). The molecule has 164 valence electrons. The Morgan fingerprint density at radius 3 is 1.68 bits per heavy atom. The smallest absolute Gasteiger partial charge is 0.303 e. The number of carboxylic acids is 1. The highest BCUT2D eigenvalue weighted by molar-refractivity contribution is 5.66.